The Balaban J connectivity index is 1.66. The van der Waals surface area contributed by atoms with E-state index in [0.29, 0.717) is 5.56 Å². The number of carbonyl (C=O) groups excluding carboxylic acids is 1. The van der Waals surface area contributed by atoms with Crippen molar-refractivity contribution in [2.45, 2.75) is 53.4 Å². The van der Waals surface area contributed by atoms with Crippen LogP contribution in [0.5, 0.6) is 0 Å². The summed E-state index contributed by atoms with van der Waals surface area (Å²) in [6.45, 7) is 12.8. The van der Waals surface area contributed by atoms with Crippen molar-refractivity contribution in [2.75, 3.05) is 18.4 Å². The zero-order valence-electron chi connectivity index (χ0n) is 16.9. The van der Waals surface area contributed by atoms with Gasteiger partial charge in [0, 0.05) is 30.9 Å². The van der Waals surface area contributed by atoms with E-state index in [1.807, 2.05) is 51.1 Å². The quantitative estimate of drug-likeness (QED) is 0.891. The highest BCUT2D eigenvalue weighted by molar-refractivity contribution is 6.04. The normalized spacial score (nSPS) is 20.5. The highest BCUT2D eigenvalue weighted by Gasteiger charge is 2.22. The van der Waals surface area contributed by atoms with Crippen LogP contribution >= 0.6 is 0 Å². The van der Waals surface area contributed by atoms with Crippen LogP contribution in [0, 0.1) is 20.8 Å². The van der Waals surface area contributed by atoms with Gasteiger partial charge in [0.05, 0.1) is 23.6 Å². The molecule has 1 aliphatic rings. The first kappa shape index (κ1) is 19.5. The summed E-state index contributed by atoms with van der Waals surface area (Å²) in [4.78, 5) is 19.5. The minimum absolute atomic E-state index is 0.105. The molecule has 2 unspecified atom stereocenters. The Hall–Kier alpha value is -2.24. The number of morpholine rings is 1. The maximum absolute atomic E-state index is 12.6. The van der Waals surface area contributed by atoms with Gasteiger partial charge in [0.2, 0.25) is 0 Å². The van der Waals surface area contributed by atoms with Crippen LogP contribution in [0.25, 0.3) is 0 Å². The summed E-state index contributed by atoms with van der Waals surface area (Å²) in [7, 11) is 0. The van der Waals surface area contributed by atoms with Crippen LogP contribution in [-0.2, 0) is 11.3 Å². The van der Waals surface area contributed by atoms with E-state index < -0.39 is 0 Å². The molecule has 1 aromatic heterocycles. The van der Waals surface area contributed by atoms with Crippen molar-refractivity contribution in [2.24, 2.45) is 0 Å². The molecule has 1 fully saturated rings. The molecule has 1 aromatic carbocycles. The number of nitrogens with one attached hydrogen (secondary N) is 1. The van der Waals surface area contributed by atoms with E-state index in [2.05, 4.69) is 29.0 Å². The number of pyridine rings is 1. The van der Waals surface area contributed by atoms with Crippen LogP contribution in [0.15, 0.2) is 30.3 Å². The molecule has 5 heteroatoms. The van der Waals surface area contributed by atoms with Gasteiger partial charge in [-0.2, -0.15) is 0 Å². The smallest absolute Gasteiger partial charge is 0.255 e. The van der Waals surface area contributed by atoms with Gasteiger partial charge < -0.3 is 10.1 Å². The first-order valence-corrected chi connectivity index (χ1v) is 9.54. The third kappa shape index (κ3) is 4.93. The fraction of sp³-hybridized carbons (Fsp3) is 0.455. The molecule has 5 nitrogen and oxygen atoms in total. The molecule has 2 heterocycles. The number of aryl methyl sites for hydroxylation is 3. The predicted molar refractivity (Wildman–Crippen MR) is 108 cm³/mol. The van der Waals surface area contributed by atoms with Crippen LogP contribution in [0.2, 0.25) is 0 Å². The topological polar surface area (TPSA) is 54.5 Å². The molecule has 1 amide bonds. The summed E-state index contributed by atoms with van der Waals surface area (Å²) in [6.07, 6.45) is 0.516. The molecule has 0 saturated carbocycles. The van der Waals surface area contributed by atoms with E-state index >= 15 is 0 Å². The van der Waals surface area contributed by atoms with Gasteiger partial charge in [0.15, 0.2) is 0 Å². The van der Waals surface area contributed by atoms with Crippen molar-refractivity contribution in [1.82, 2.24) is 9.88 Å². The molecule has 0 radical (unpaired) electrons. The van der Waals surface area contributed by atoms with Gasteiger partial charge in [-0.3, -0.25) is 14.7 Å². The average molecular weight is 367 g/mol. The fourth-order valence-electron chi connectivity index (χ4n) is 3.83. The molecule has 1 N–H and O–H groups in total. The number of nitrogens with zero attached hydrogens (tertiary/aromatic N) is 2. The molecule has 27 heavy (non-hydrogen) atoms. The van der Waals surface area contributed by atoms with Crippen molar-refractivity contribution >= 4 is 11.6 Å². The summed E-state index contributed by atoms with van der Waals surface area (Å²) in [5.74, 6) is -0.105. The number of hydrogen-bond acceptors (Lipinski definition) is 4. The lowest BCUT2D eigenvalue weighted by molar-refractivity contribution is -0.0704. The van der Waals surface area contributed by atoms with E-state index in [1.165, 1.54) is 5.56 Å². The second kappa shape index (κ2) is 8.19. The van der Waals surface area contributed by atoms with E-state index in [4.69, 9.17) is 4.74 Å². The third-order valence-corrected chi connectivity index (χ3v) is 4.88. The molecule has 1 saturated heterocycles. The first-order chi connectivity index (χ1) is 12.8. The zero-order chi connectivity index (χ0) is 19.6. The van der Waals surface area contributed by atoms with Crippen LogP contribution < -0.4 is 5.32 Å². The summed E-state index contributed by atoms with van der Waals surface area (Å²) < 4.78 is 5.79. The van der Waals surface area contributed by atoms with Crippen molar-refractivity contribution < 1.29 is 9.53 Å². The highest BCUT2D eigenvalue weighted by Crippen LogP contribution is 2.20. The molecule has 2 atom stereocenters. The summed E-state index contributed by atoms with van der Waals surface area (Å²) in [6, 6.07) is 9.84. The first-order valence-electron chi connectivity index (χ1n) is 9.54. The Labute approximate surface area is 161 Å². The summed E-state index contributed by atoms with van der Waals surface area (Å²) >= 11 is 0. The van der Waals surface area contributed by atoms with E-state index in [9.17, 15) is 4.79 Å². The standard InChI is InChI=1S/C22H29N3O2/c1-14-10-15(2)23-18(5)21(14)24-22(26)20-8-6-19(7-9-20)13-25-11-16(3)27-17(4)12-25/h6-10,16-17H,11-13H2,1-5H3,(H,24,26). The Kier molecular flexibility index (Phi) is 5.92. The lowest BCUT2D eigenvalue weighted by Crippen LogP contribution is -2.44. The fourth-order valence-corrected chi connectivity index (χ4v) is 3.83. The number of anilines is 1. The van der Waals surface area contributed by atoms with Gasteiger partial charge in [-0.25, -0.2) is 0 Å². The number of ether oxygens (including phenoxy) is 1. The second-order valence-corrected chi connectivity index (χ2v) is 7.64. The average Bonchev–Trinajstić information content (AvgIpc) is 2.57. The Bertz CT molecular complexity index is 784. The molecular formula is C22H29N3O2. The minimum atomic E-state index is -0.105. The molecule has 0 spiro atoms. The molecule has 1 aliphatic heterocycles. The van der Waals surface area contributed by atoms with Gasteiger partial charge in [0.25, 0.3) is 5.91 Å². The molecule has 0 aliphatic carbocycles. The van der Waals surface area contributed by atoms with Gasteiger partial charge in [0.1, 0.15) is 0 Å². The SMILES string of the molecule is Cc1cc(C)c(NC(=O)c2ccc(CN3CC(C)OC(C)C3)cc2)c(C)n1. The number of benzene rings is 1. The number of aromatic nitrogens is 1. The van der Waals surface area contributed by atoms with Crippen molar-refractivity contribution in [3.63, 3.8) is 0 Å². The van der Waals surface area contributed by atoms with Crippen LogP contribution in [0.1, 0.15) is 46.7 Å². The lowest BCUT2D eigenvalue weighted by atomic mass is 10.1. The largest absolute Gasteiger partial charge is 0.373 e. The zero-order valence-corrected chi connectivity index (χ0v) is 16.9. The minimum Gasteiger partial charge on any atom is -0.373 e. The lowest BCUT2D eigenvalue weighted by Gasteiger charge is -2.35. The molecule has 3 rings (SSSR count). The van der Waals surface area contributed by atoms with E-state index in [-0.39, 0.29) is 18.1 Å². The molecule has 144 valence electrons. The number of hydrogen-bond donors (Lipinski definition) is 1. The molecular weight excluding hydrogens is 338 g/mol. The van der Waals surface area contributed by atoms with E-state index in [1.54, 1.807) is 0 Å². The van der Waals surface area contributed by atoms with Crippen LogP contribution in [-0.4, -0.2) is 41.1 Å². The number of rotatable bonds is 4. The molecule has 0 bridgehead atoms. The Morgan fingerprint density at radius 1 is 1.15 bits per heavy atom. The number of amides is 1. The summed E-state index contributed by atoms with van der Waals surface area (Å²) in [5.41, 5.74) is 5.48. The van der Waals surface area contributed by atoms with Gasteiger partial charge in [-0.05, 0) is 63.9 Å². The highest BCUT2D eigenvalue weighted by atomic mass is 16.5. The Morgan fingerprint density at radius 3 is 2.37 bits per heavy atom. The van der Waals surface area contributed by atoms with Crippen molar-refractivity contribution in [3.8, 4) is 0 Å². The van der Waals surface area contributed by atoms with Crippen molar-refractivity contribution in [3.05, 3.63) is 58.4 Å². The number of carbonyl (C=O) groups is 1. The predicted octanol–water partition coefficient (Wildman–Crippen LogP) is 3.87. The Morgan fingerprint density at radius 2 is 1.78 bits per heavy atom. The summed E-state index contributed by atoms with van der Waals surface area (Å²) in [5, 5.41) is 3.01. The van der Waals surface area contributed by atoms with E-state index in [0.717, 1.165) is 42.3 Å². The maximum atomic E-state index is 12.6. The maximum Gasteiger partial charge on any atom is 0.255 e. The second-order valence-electron chi connectivity index (χ2n) is 7.64. The third-order valence-electron chi connectivity index (χ3n) is 4.88. The van der Waals surface area contributed by atoms with Gasteiger partial charge >= 0.3 is 0 Å². The van der Waals surface area contributed by atoms with Crippen LogP contribution in [0.3, 0.4) is 0 Å². The molecule has 2 aromatic rings. The monoisotopic (exact) mass is 367 g/mol. The van der Waals surface area contributed by atoms with Gasteiger partial charge in [-0.15, -0.1) is 0 Å². The van der Waals surface area contributed by atoms with Crippen molar-refractivity contribution in [1.29, 1.82) is 0 Å². The van der Waals surface area contributed by atoms with Gasteiger partial charge in [-0.1, -0.05) is 12.1 Å². The van der Waals surface area contributed by atoms with Crippen LogP contribution in [0.4, 0.5) is 5.69 Å².